The smallest absolute Gasteiger partial charge is 0.335 e. The normalized spacial score (nSPS) is 7.27. The summed E-state index contributed by atoms with van der Waals surface area (Å²) >= 11 is 0. The maximum absolute atomic E-state index is 10.2. The SMILES string of the molecule is Cl.Cl.O=C(O)c1ccncc1. The first-order valence-electron chi connectivity index (χ1n) is 2.44. The first-order chi connectivity index (χ1) is 4.30. The molecule has 0 spiro atoms. The second-order valence-corrected chi connectivity index (χ2v) is 1.54. The zero-order valence-electron chi connectivity index (χ0n) is 5.43. The molecule has 1 N–H and O–H groups in total. The van der Waals surface area contributed by atoms with Gasteiger partial charge in [0.1, 0.15) is 0 Å². The third kappa shape index (κ3) is 3.80. The predicted molar refractivity (Wildman–Crippen MR) is 45.7 cm³/mol. The number of aromatic nitrogens is 1. The summed E-state index contributed by atoms with van der Waals surface area (Å²) in [6.45, 7) is 0. The van der Waals surface area contributed by atoms with E-state index in [-0.39, 0.29) is 30.4 Å². The molecule has 0 fully saturated rings. The van der Waals surface area contributed by atoms with Crippen molar-refractivity contribution in [3.63, 3.8) is 0 Å². The molecule has 0 aromatic carbocycles. The molecule has 0 aliphatic rings. The lowest BCUT2D eigenvalue weighted by molar-refractivity contribution is 0.0697. The number of carboxylic acids is 1. The Morgan fingerprint density at radius 1 is 1.27 bits per heavy atom. The van der Waals surface area contributed by atoms with Crippen LogP contribution < -0.4 is 0 Å². The summed E-state index contributed by atoms with van der Waals surface area (Å²) in [6, 6.07) is 2.89. The molecule has 3 nitrogen and oxygen atoms in total. The van der Waals surface area contributed by atoms with Gasteiger partial charge in [0, 0.05) is 12.4 Å². The lowest BCUT2D eigenvalue weighted by Gasteiger charge is -1.87. The van der Waals surface area contributed by atoms with Gasteiger partial charge in [0.2, 0.25) is 0 Å². The van der Waals surface area contributed by atoms with Crippen LogP contribution >= 0.6 is 24.8 Å². The molecular formula is C6H7Cl2NO2. The number of nitrogens with zero attached hydrogens (tertiary/aromatic N) is 1. The van der Waals surface area contributed by atoms with Crippen LogP contribution in [0.3, 0.4) is 0 Å². The van der Waals surface area contributed by atoms with Crippen LogP contribution in [0.5, 0.6) is 0 Å². The number of halogens is 2. The third-order valence-corrected chi connectivity index (χ3v) is 0.927. The molecule has 0 unspecified atom stereocenters. The Morgan fingerprint density at radius 2 is 1.73 bits per heavy atom. The summed E-state index contributed by atoms with van der Waals surface area (Å²) in [6.07, 6.45) is 2.90. The van der Waals surface area contributed by atoms with E-state index < -0.39 is 5.97 Å². The summed E-state index contributed by atoms with van der Waals surface area (Å²) in [7, 11) is 0. The van der Waals surface area contributed by atoms with Crippen molar-refractivity contribution < 1.29 is 9.90 Å². The minimum atomic E-state index is -0.919. The lowest BCUT2D eigenvalue weighted by atomic mass is 10.3. The Hall–Kier alpha value is -0.800. The van der Waals surface area contributed by atoms with Gasteiger partial charge in [0.15, 0.2) is 0 Å². The van der Waals surface area contributed by atoms with E-state index in [0.717, 1.165) is 0 Å². The molecule has 1 heterocycles. The molecule has 1 aromatic rings. The van der Waals surface area contributed by atoms with Crippen molar-refractivity contribution in [3.05, 3.63) is 30.1 Å². The van der Waals surface area contributed by atoms with Gasteiger partial charge < -0.3 is 5.11 Å². The average molecular weight is 196 g/mol. The van der Waals surface area contributed by atoms with Gasteiger partial charge in [-0.15, -0.1) is 24.8 Å². The fourth-order valence-electron chi connectivity index (χ4n) is 0.494. The number of rotatable bonds is 1. The van der Waals surface area contributed by atoms with Gasteiger partial charge in [-0.25, -0.2) is 4.79 Å². The van der Waals surface area contributed by atoms with Crippen LogP contribution in [0.2, 0.25) is 0 Å². The van der Waals surface area contributed by atoms with Gasteiger partial charge in [-0.1, -0.05) is 0 Å². The van der Waals surface area contributed by atoms with E-state index >= 15 is 0 Å². The van der Waals surface area contributed by atoms with Gasteiger partial charge in [-0.3, -0.25) is 4.98 Å². The molecule has 62 valence electrons. The topological polar surface area (TPSA) is 50.2 Å². The van der Waals surface area contributed by atoms with E-state index in [1.807, 2.05) is 0 Å². The van der Waals surface area contributed by atoms with Crippen LogP contribution in [0, 0.1) is 0 Å². The zero-order valence-corrected chi connectivity index (χ0v) is 7.06. The monoisotopic (exact) mass is 195 g/mol. The average Bonchev–Trinajstić information content (AvgIpc) is 1.90. The van der Waals surface area contributed by atoms with Gasteiger partial charge in [0.25, 0.3) is 0 Å². The van der Waals surface area contributed by atoms with Gasteiger partial charge in [-0.05, 0) is 12.1 Å². The van der Waals surface area contributed by atoms with E-state index in [0.29, 0.717) is 0 Å². The number of hydrogen-bond acceptors (Lipinski definition) is 2. The van der Waals surface area contributed by atoms with Crippen LogP contribution in [0.4, 0.5) is 0 Å². The van der Waals surface area contributed by atoms with E-state index in [4.69, 9.17) is 5.11 Å². The largest absolute Gasteiger partial charge is 0.478 e. The van der Waals surface area contributed by atoms with Crippen LogP contribution in [-0.4, -0.2) is 16.1 Å². The molecule has 0 radical (unpaired) electrons. The molecular weight excluding hydrogens is 189 g/mol. The van der Waals surface area contributed by atoms with Crippen molar-refractivity contribution in [2.75, 3.05) is 0 Å². The van der Waals surface area contributed by atoms with E-state index in [1.165, 1.54) is 24.5 Å². The minimum absolute atomic E-state index is 0. The summed E-state index contributed by atoms with van der Waals surface area (Å²) in [4.78, 5) is 13.8. The molecule has 11 heavy (non-hydrogen) atoms. The van der Waals surface area contributed by atoms with Crippen LogP contribution in [0.25, 0.3) is 0 Å². The summed E-state index contributed by atoms with van der Waals surface area (Å²) in [5, 5.41) is 8.36. The van der Waals surface area contributed by atoms with E-state index in [1.54, 1.807) is 0 Å². The minimum Gasteiger partial charge on any atom is -0.478 e. The maximum atomic E-state index is 10.2. The molecule has 0 saturated heterocycles. The van der Waals surface area contributed by atoms with Crippen molar-refractivity contribution >= 4 is 30.8 Å². The number of pyridine rings is 1. The number of carbonyl (C=O) groups is 1. The molecule has 1 aromatic heterocycles. The Bertz CT molecular complexity index is 215. The first-order valence-corrected chi connectivity index (χ1v) is 2.44. The molecule has 0 aliphatic heterocycles. The lowest BCUT2D eigenvalue weighted by Crippen LogP contribution is -1.94. The quantitative estimate of drug-likeness (QED) is 0.742. The van der Waals surface area contributed by atoms with Gasteiger partial charge in [-0.2, -0.15) is 0 Å². The fourth-order valence-corrected chi connectivity index (χ4v) is 0.494. The Kier molecular flexibility index (Phi) is 6.94. The molecule has 0 bridgehead atoms. The Morgan fingerprint density at radius 3 is 2.00 bits per heavy atom. The highest BCUT2D eigenvalue weighted by Gasteiger charge is 1.97. The van der Waals surface area contributed by atoms with E-state index in [9.17, 15) is 4.79 Å². The van der Waals surface area contributed by atoms with Crippen LogP contribution in [0.15, 0.2) is 24.5 Å². The molecule has 0 amide bonds. The predicted octanol–water partition coefficient (Wildman–Crippen LogP) is 1.62. The molecule has 0 aliphatic carbocycles. The molecule has 1 rings (SSSR count). The molecule has 5 heteroatoms. The maximum Gasteiger partial charge on any atom is 0.335 e. The summed E-state index contributed by atoms with van der Waals surface area (Å²) in [5.74, 6) is -0.919. The van der Waals surface area contributed by atoms with Crippen molar-refractivity contribution in [1.29, 1.82) is 0 Å². The summed E-state index contributed by atoms with van der Waals surface area (Å²) < 4.78 is 0. The van der Waals surface area contributed by atoms with Crippen molar-refractivity contribution in [3.8, 4) is 0 Å². The second kappa shape index (κ2) is 5.95. The highest BCUT2D eigenvalue weighted by atomic mass is 35.5. The summed E-state index contributed by atoms with van der Waals surface area (Å²) in [5.41, 5.74) is 0.269. The van der Waals surface area contributed by atoms with Gasteiger partial charge in [0.05, 0.1) is 5.56 Å². The van der Waals surface area contributed by atoms with Crippen molar-refractivity contribution in [1.82, 2.24) is 4.98 Å². The number of aromatic carboxylic acids is 1. The fraction of sp³-hybridized carbons (Fsp3) is 0. The number of hydrogen-bond donors (Lipinski definition) is 1. The second-order valence-electron chi connectivity index (χ2n) is 1.54. The van der Waals surface area contributed by atoms with Crippen LogP contribution in [-0.2, 0) is 0 Å². The van der Waals surface area contributed by atoms with Crippen molar-refractivity contribution in [2.24, 2.45) is 0 Å². The number of carboxylic acid groups (broad SMARTS) is 1. The first kappa shape index (κ1) is 12.8. The highest BCUT2D eigenvalue weighted by molar-refractivity contribution is 5.87. The van der Waals surface area contributed by atoms with Crippen LogP contribution in [0.1, 0.15) is 10.4 Å². The van der Waals surface area contributed by atoms with Gasteiger partial charge >= 0.3 is 5.97 Å². The highest BCUT2D eigenvalue weighted by Crippen LogP contribution is 1.93. The Balaban J connectivity index is 0. The molecule has 0 atom stereocenters. The standard InChI is InChI=1S/C6H5NO2.2ClH/c8-6(9)5-1-3-7-4-2-5;;/h1-4H,(H,8,9);2*1H. The third-order valence-electron chi connectivity index (χ3n) is 0.927. The van der Waals surface area contributed by atoms with Crippen molar-refractivity contribution in [2.45, 2.75) is 0 Å². The van der Waals surface area contributed by atoms with E-state index in [2.05, 4.69) is 4.98 Å². The zero-order chi connectivity index (χ0) is 6.69. The Labute approximate surface area is 76.3 Å². The molecule has 0 saturated carbocycles.